The van der Waals surface area contributed by atoms with Crippen molar-refractivity contribution in [3.8, 4) is 5.75 Å². The van der Waals surface area contributed by atoms with Crippen molar-refractivity contribution in [2.75, 3.05) is 10.1 Å². The molecule has 1 aliphatic rings. The molecule has 0 saturated heterocycles. The van der Waals surface area contributed by atoms with Crippen LogP contribution in [-0.4, -0.2) is 31.0 Å². The number of carbonyl (C=O) groups excluding carboxylic acids is 2. The monoisotopic (exact) mass is 433 g/mol. The van der Waals surface area contributed by atoms with Crippen molar-refractivity contribution >= 4 is 45.3 Å². The van der Waals surface area contributed by atoms with Gasteiger partial charge < -0.3 is 4.74 Å². The van der Waals surface area contributed by atoms with Gasteiger partial charge in [-0.2, -0.15) is 0 Å². The summed E-state index contributed by atoms with van der Waals surface area (Å²) in [7, 11) is 0. The number of benzene rings is 2. The molecule has 0 aliphatic carbocycles. The number of nitrogens with zero attached hydrogens (tertiary/aromatic N) is 1. The van der Waals surface area contributed by atoms with E-state index in [0.29, 0.717) is 16.9 Å². The number of fused-ring (bicyclic) bond motifs is 1. The molecule has 8 heteroatoms. The van der Waals surface area contributed by atoms with Gasteiger partial charge in [0, 0.05) is 12.5 Å². The molecule has 0 spiro atoms. The van der Waals surface area contributed by atoms with Gasteiger partial charge in [-0.25, -0.2) is 8.51 Å². The van der Waals surface area contributed by atoms with Crippen molar-refractivity contribution in [1.82, 2.24) is 0 Å². The third-order valence-electron chi connectivity index (χ3n) is 4.65. The first-order chi connectivity index (χ1) is 13.7. The Balaban J connectivity index is 1.85. The van der Waals surface area contributed by atoms with E-state index in [2.05, 4.69) is 0 Å². The summed E-state index contributed by atoms with van der Waals surface area (Å²) in [5.41, 5.74) is 2.27. The summed E-state index contributed by atoms with van der Waals surface area (Å²) in [6.45, 7) is 5.49. The van der Waals surface area contributed by atoms with E-state index >= 15 is 0 Å². The Morgan fingerprint density at radius 3 is 2.45 bits per heavy atom. The molecule has 2 aromatic carbocycles. The molecule has 1 heterocycles. The molecule has 3 rings (SSSR count). The van der Waals surface area contributed by atoms with Crippen LogP contribution >= 0.6 is 11.8 Å². The highest BCUT2D eigenvalue weighted by Crippen LogP contribution is 2.37. The van der Waals surface area contributed by atoms with E-state index in [1.807, 2.05) is 26.0 Å². The predicted molar refractivity (Wildman–Crippen MR) is 116 cm³/mol. The lowest BCUT2D eigenvalue weighted by Gasteiger charge is -2.33. The minimum Gasteiger partial charge on any atom is -0.488 e. The molecular weight excluding hydrogens is 410 g/mol. The van der Waals surface area contributed by atoms with Gasteiger partial charge in [-0.1, -0.05) is 11.8 Å². The minimum atomic E-state index is -2.29. The van der Waals surface area contributed by atoms with Gasteiger partial charge in [-0.05, 0) is 74.7 Å². The first-order valence-corrected chi connectivity index (χ1v) is 11.2. The molecule has 0 fully saturated rings. The van der Waals surface area contributed by atoms with Gasteiger partial charge in [-0.3, -0.25) is 14.1 Å². The summed E-state index contributed by atoms with van der Waals surface area (Å²) in [6.07, 6.45) is 1.68. The van der Waals surface area contributed by atoms with Crippen LogP contribution in [-0.2, 0) is 22.5 Å². The topological polar surface area (TPSA) is 83.9 Å². The van der Waals surface area contributed by atoms with Crippen LogP contribution < -0.4 is 9.04 Å². The quantitative estimate of drug-likeness (QED) is 0.532. The molecule has 0 radical (unpaired) electrons. The van der Waals surface area contributed by atoms with Gasteiger partial charge in [-0.15, -0.1) is 0 Å². The third kappa shape index (κ3) is 5.26. The van der Waals surface area contributed by atoms with Crippen LogP contribution in [0.3, 0.4) is 0 Å². The van der Waals surface area contributed by atoms with Crippen LogP contribution in [0.15, 0.2) is 42.5 Å². The summed E-state index contributed by atoms with van der Waals surface area (Å²) in [5, 5.41) is -0.114. The number of aryl methyl sites for hydroxylation is 1. The first-order valence-electron chi connectivity index (χ1n) is 9.16. The average Bonchev–Trinajstić information content (AvgIpc) is 2.66. The molecular formula is C21H23NO5S2. The smallest absolute Gasteiger partial charge is 0.266 e. The number of anilines is 2. The Morgan fingerprint density at radius 2 is 1.83 bits per heavy atom. The minimum absolute atomic E-state index is 0.0749. The Hall–Kier alpha value is -2.16. The number of ketones is 1. The van der Waals surface area contributed by atoms with Crippen LogP contribution in [0.25, 0.3) is 0 Å². The zero-order chi connectivity index (χ0) is 21.2. The average molecular weight is 434 g/mol. The number of carbonyl (C=O) groups is 2. The summed E-state index contributed by atoms with van der Waals surface area (Å²) in [6, 6.07) is 11.9. The van der Waals surface area contributed by atoms with Crippen LogP contribution in [0.4, 0.5) is 11.4 Å². The van der Waals surface area contributed by atoms with Gasteiger partial charge in [0.1, 0.15) is 11.4 Å². The van der Waals surface area contributed by atoms with Crippen LogP contribution in [0.1, 0.15) is 43.1 Å². The molecule has 29 heavy (non-hydrogen) atoms. The number of ether oxygens (including phenoxy) is 1. The Labute approximate surface area is 177 Å². The van der Waals surface area contributed by atoms with Gasteiger partial charge in [0.15, 0.2) is 10.9 Å². The second-order valence-corrected chi connectivity index (χ2v) is 9.41. The maximum atomic E-state index is 12.1. The molecule has 1 N–H and O–H groups in total. The van der Waals surface area contributed by atoms with E-state index in [1.54, 1.807) is 30.3 Å². The highest BCUT2D eigenvalue weighted by molar-refractivity contribution is 8.14. The second-order valence-electron chi connectivity index (χ2n) is 7.43. The van der Waals surface area contributed by atoms with Crippen molar-refractivity contribution in [1.29, 1.82) is 0 Å². The van der Waals surface area contributed by atoms with E-state index in [-0.39, 0.29) is 22.3 Å². The molecule has 1 atom stereocenters. The molecule has 6 nitrogen and oxygen atoms in total. The van der Waals surface area contributed by atoms with E-state index in [1.165, 1.54) is 11.2 Å². The summed E-state index contributed by atoms with van der Waals surface area (Å²) in [4.78, 5) is 23.2. The van der Waals surface area contributed by atoms with Crippen molar-refractivity contribution in [2.24, 2.45) is 0 Å². The molecule has 0 saturated carbocycles. The first kappa shape index (κ1) is 21.5. The van der Waals surface area contributed by atoms with Crippen LogP contribution in [0, 0.1) is 0 Å². The van der Waals surface area contributed by atoms with Gasteiger partial charge >= 0.3 is 0 Å². The summed E-state index contributed by atoms with van der Waals surface area (Å²) >= 11 is -1.33. The van der Waals surface area contributed by atoms with Crippen LogP contribution in [0.2, 0.25) is 0 Å². The van der Waals surface area contributed by atoms with Crippen molar-refractivity contribution in [3.63, 3.8) is 0 Å². The Bertz CT molecular complexity index is 956. The highest BCUT2D eigenvalue weighted by atomic mass is 32.2. The standard InChI is InChI=1S/C21H23NO5S2/c1-14(23)28-13-19(24)15-4-6-17(7-5-15)22(29(25)26)18-8-9-20-16(12-18)10-11-21(2,3)27-20/h4-9,12H,10-11,13H2,1-3H3,(H,25,26). The Morgan fingerprint density at radius 1 is 1.17 bits per heavy atom. The van der Waals surface area contributed by atoms with Crippen molar-refractivity contribution in [3.05, 3.63) is 53.6 Å². The zero-order valence-electron chi connectivity index (χ0n) is 16.5. The number of hydrogen-bond acceptors (Lipinski definition) is 5. The van der Waals surface area contributed by atoms with E-state index < -0.39 is 11.3 Å². The fraction of sp³-hybridized carbons (Fsp3) is 0.333. The second kappa shape index (κ2) is 8.69. The van der Waals surface area contributed by atoms with Crippen molar-refractivity contribution in [2.45, 2.75) is 39.2 Å². The number of Topliss-reactive ketones (excluding diaryl/α,β-unsaturated/α-hetero) is 1. The largest absolute Gasteiger partial charge is 0.488 e. The summed E-state index contributed by atoms with van der Waals surface area (Å²) in [5.74, 6) is 0.699. The van der Waals surface area contributed by atoms with E-state index in [4.69, 9.17) is 4.74 Å². The molecule has 0 bridgehead atoms. The lowest BCUT2D eigenvalue weighted by molar-refractivity contribution is -0.109. The molecule has 154 valence electrons. The van der Waals surface area contributed by atoms with E-state index in [9.17, 15) is 18.4 Å². The van der Waals surface area contributed by atoms with Gasteiger partial charge in [0.2, 0.25) is 0 Å². The number of hydrogen-bond donors (Lipinski definition) is 1. The van der Waals surface area contributed by atoms with E-state index in [0.717, 1.165) is 35.9 Å². The predicted octanol–water partition coefficient (Wildman–Crippen LogP) is 4.53. The Kier molecular flexibility index (Phi) is 6.45. The molecule has 1 unspecified atom stereocenters. The normalized spacial score (nSPS) is 15.7. The fourth-order valence-electron chi connectivity index (χ4n) is 3.13. The fourth-order valence-corrected chi connectivity index (χ4v) is 4.23. The number of rotatable bonds is 6. The number of thioether (sulfide) groups is 1. The SMILES string of the molecule is CC(=O)SCC(=O)c1ccc(N(c2ccc3c(c2)CCC(C)(C)O3)S(=O)O)cc1. The van der Waals surface area contributed by atoms with Crippen LogP contribution in [0.5, 0.6) is 5.75 Å². The van der Waals surface area contributed by atoms with Crippen molar-refractivity contribution < 1.29 is 23.1 Å². The maximum absolute atomic E-state index is 12.1. The lowest BCUT2D eigenvalue weighted by atomic mass is 9.94. The zero-order valence-corrected chi connectivity index (χ0v) is 18.1. The molecule has 1 aliphatic heterocycles. The lowest BCUT2D eigenvalue weighted by Crippen LogP contribution is -2.32. The maximum Gasteiger partial charge on any atom is 0.266 e. The molecule has 0 amide bonds. The third-order valence-corrected chi connectivity index (χ3v) is 6.19. The highest BCUT2D eigenvalue weighted by Gasteiger charge is 2.27. The summed E-state index contributed by atoms with van der Waals surface area (Å²) < 4.78 is 29.2. The van der Waals surface area contributed by atoms with Gasteiger partial charge in [0.25, 0.3) is 11.3 Å². The molecule has 2 aromatic rings. The van der Waals surface area contributed by atoms with Gasteiger partial charge in [0.05, 0.1) is 17.1 Å². The molecule has 0 aromatic heterocycles.